The average molecular weight is 354 g/mol. The molecule has 1 aliphatic carbocycles. The lowest BCUT2D eigenvalue weighted by Crippen LogP contribution is -2.51. The van der Waals surface area contributed by atoms with Crippen LogP contribution in [-0.4, -0.2) is 46.5 Å². The molecule has 4 rings (SSSR count). The number of benzene rings is 1. The molecule has 6 nitrogen and oxygen atoms in total. The van der Waals surface area contributed by atoms with E-state index in [-0.39, 0.29) is 17.5 Å². The highest BCUT2D eigenvalue weighted by Crippen LogP contribution is 2.29. The van der Waals surface area contributed by atoms with Crippen molar-refractivity contribution < 1.29 is 4.79 Å². The van der Waals surface area contributed by atoms with Crippen molar-refractivity contribution in [2.75, 3.05) is 31.1 Å². The number of piperazine rings is 1. The largest absolute Gasteiger partial charge is 0.368 e. The van der Waals surface area contributed by atoms with Crippen LogP contribution in [0.1, 0.15) is 39.2 Å². The normalized spacial score (nSPS) is 18.4. The van der Waals surface area contributed by atoms with Gasteiger partial charge < -0.3 is 9.80 Å². The lowest BCUT2D eigenvalue weighted by atomic mass is 9.84. The molecule has 138 valence electrons. The Labute approximate surface area is 153 Å². The van der Waals surface area contributed by atoms with E-state index in [0.29, 0.717) is 11.3 Å². The summed E-state index contributed by atoms with van der Waals surface area (Å²) in [7, 11) is 0. The highest BCUT2D eigenvalue weighted by molar-refractivity contribution is 5.82. The summed E-state index contributed by atoms with van der Waals surface area (Å²) in [5.74, 6) is 0.611. The fourth-order valence-electron chi connectivity index (χ4n) is 3.79. The number of hydrogen-bond donors (Lipinski definition) is 0. The van der Waals surface area contributed by atoms with Crippen molar-refractivity contribution in [2.24, 2.45) is 5.92 Å². The summed E-state index contributed by atoms with van der Waals surface area (Å²) in [5, 5.41) is 0.656. The highest BCUT2D eigenvalue weighted by Gasteiger charge is 2.31. The molecule has 0 unspecified atom stereocenters. The number of fused-ring (bicyclic) bond motifs is 1. The third-order valence-corrected chi connectivity index (χ3v) is 5.73. The molecule has 1 aromatic heterocycles. The van der Waals surface area contributed by atoms with Crippen molar-refractivity contribution in [3.8, 4) is 0 Å². The zero-order valence-electron chi connectivity index (χ0n) is 15.5. The number of amides is 1. The van der Waals surface area contributed by atoms with Crippen LogP contribution in [0.3, 0.4) is 0 Å². The Morgan fingerprint density at radius 3 is 2.50 bits per heavy atom. The summed E-state index contributed by atoms with van der Waals surface area (Å²) in [6.45, 7) is 7.16. The molecular formula is C20H26N4O2. The minimum absolute atomic E-state index is 0.00691. The van der Waals surface area contributed by atoms with Crippen molar-refractivity contribution in [3.63, 3.8) is 0 Å². The number of carbonyl (C=O) groups is 1. The van der Waals surface area contributed by atoms with E-state index in [9.17, 15) is 9.59 Å². The number of carbonyl (C=O) groups excluding carboxylic acids is 1. The fraction of sp³-hybridized carbons (Fsp3) is 0.550. The van der Waals surface area contributed by atoms with Gasteiger partial charge in [-0.1, -0.05) is 6.42 Å². The Morgan fingerprint density at radius 1 is 1.15 bits per heavy atom. The van der Waals surface area contributed by atoms with Crippen LogP contribution in [0.2, 0.25) is 0 Å². The second-order valence-electron chi connectivity index (χ2n) is 7.69. The van der Waals surface area contributed by atoms with E-state index in [4.69, 9.17) is 0 Å². The molecule has 1 aromatic carbocycles. The van der Waals surface area contributed by atoms with E-state index < -0.39 is 0 Å². The second kappa shape index (κ2) is 6.74. The van der Waals surface area contributed by atoms with E-state index in [1.54, 1.807) is 10.9 Å². The molecule has 1 saturated heterocycles. The molecule has 0 radical (unpaired) electrons. The molecule has 2 aromatic rings. The first-order valence-corrected chi connectivity index (χ1v) is 9.59. The zero-order chi connectivity index (χ0) is 18.3. The molecule has 0 spiro atoms. The van der Waals surface area contributed by atoms with Crippen LogP contribution in [0.5, 0.6) is 0 Å². The maximum absolute atomic E-state index is 12.5. The number of aromatic nitrogens is 2. The Bertz CT molecular complexity index is 877. The van der Waals surface area contributed by atoms with E-state index >= 15 is 0 Å². The van der Waals surface area contributed by atoms with Crippen molar-refractivity contribution >= 4 is 22.5 Å². The standard InChI is InChI=1S/C20H26N4O2/c1-14(2)24-13-21-18-12-16(6-7-17(18)20(24)26)22-8-10-23(11-9-22)19(25)15-4-3-5-15/h6-7,12-15H,3-5,8-11H2,1-2H3. The second-order valence-corrected chi connectivity index (χ2v) is 7.69. The predicted octanol–water partition coefficient (Wildman–Crippen LogP) is 2.43. The van der Waals surface area contributed by atoms with Gasteiger partial charge in [0.1, 0.15) is 0 Å². The molecule has 2 fully saturated rings. The van der Waals surface area contributed by atoms with Crippen LogP contribution in [0, 0.1) is 5.92 Å². The van der Waals surface area contributed by atoms with Gasteiger partial charge in [0, 0.05) is 43.8 Å². The fourth-order valence-corrected chi connectivity index (χ4v) is 3.79. The molecule has 2 heterocycles. The SMILES string of the molecule is CC(C)n1cnc2cc(N3CCN(C(=O)C4CCC4)CC3)ccc2c1=O. The van der Waals surface area contributed by atoms with Gasteiger partial charge in [0.15, 0.2) is 0 Å². The van der Waals surface area contributed by atoms with E-state index in [1.165, 1.54) is 6.42 Å². The Kier molecular flexibility index (Phi) is 4.42. The Balaban J connectivity index is 1.50. The van der Waals surface area contributed by atoms with Gasteiger partial charge in [0.25, 0.3) is 5.56 Å². The highest BCUT2D eigenvalue weighted by atomic mass is 16.2. The van der Waals surface area contributed by atoms with Gasteiger partial charge in [0.05, 0.1) is 17.2 Å². The Morgan fingerprint density at radius 2 is 1.88 bits per heavy atom. The van der Waals surface area contributed by atoms with Gasteiger partial charge in [0.2, 0.25) is 5.91 Å². The van der Waals surface area contributed by atoms with Gasteiger partial charge in [-0.2, -0.15) is 0 Å². The summed E-state index contributed by atoms with van der Waals surface area (Å²) >= 11 is 0. The lowest BCUT2D eigenvalue weighted by molar-refractivity contribution is -0.138. The van der Waals surface area contributed by atoms with E-state index in [0.717, 1.165) is 50.2 Å². The minimum Gasteiger partial charge on any atom is -0.368 e. The van der Waals surface area contributed by atoms with Crippen LogP contribution in [-0.2, 0) is 4.79 Å². The maximum atomic E-state index is 12.5. The van der Waals surface area contributed by atoms with Crippen molar-refractivity contribution in [1.82, 2.24) is 14.5 Å². The van der Waals surface area contributed by atoms with E-state index in [2.05, 4.69) is 9.88 Å². The first-order valence-electron chi connectivity index (χ1n) is 9.59. The minimum atomic E-state index is 0.00691. The summed E-state index contributed by atoms with van der Waals surface area (Å²) < 4.78 is 1.66. The summed E-state index contributed by atoms with van der Waals surface area (Å²) in [5.41, 5.74) is 1.81. The molecule has 1 aliphatic heterocycles. The van der Waals surface area contributed by atoms with Gasteiger partial charge in [-0.25, -0.2) is 4.98 Å². The predicted molar refractivity (Wildman–Crippen MR) is 103 cm³/mol. The molecular weight excluding hydrogens is 328 g/mol. The number of anilines is 1. The molecule has 1 saturated carbocycles. The first kappa shape index (κ1) is 17.1. The molecule has 2 aliphatic rings. The third-order valence-electron chi connectivity index (χ3n) is 5.73. The molecule has 0 bridgehead atoms. The molecule has 6 heteroatoms. The number of hydrogen-bond acceptors (Lipinski definition) is 4. The van der Waals surface area contributed by atoms with Gasteiger partial charge in [-0.15, -0.1) is 0 Å². The van der Waals surface area contributed by atoms with Crippen LogP contribution >= 0.6 is 0 Å². The van der Waals surface area contributed by atoms with Crippen LogP contribution < -0.4 is 10.5 Å². The maximum Gasteiger partial charge on any atom is 0.261 e. The first-order chi connectivity index (χ1) is 12.5. The average Bonchev–Trinajstić information content (AvgIpc) is 2.60. The number of rotatable bonds is 3. The molecule has 26 heavy (non-hydrogen) atoms. The molecule has 1 amide bonds. The van der Waals surface area contributed by atoms with Crippen molar-refractivity contribution in [2.45, 2.75) is 39.2 Å². The van der Waals surface area contributed by atoms with Crippen LogP contribution in [0.25, 0.3) is 10.9 Å². The third kappa shape index (κ3) is 2.97. The van der Waals surface area contributed by atoms with Gasteiger partial charge >= 0.3 is 0 Å². The topological polar surface area (TPSA) is 58.4 Å². The van der Waals surface area contributed by atoms with Crippen LogP contribution in [0.4, 0.5) is 5.69 Å². The van der Waals surface area contributed by atoms with Gasteiger partial charge in [-0.3, -0.25) is 14.2 Å². The molecule has 0 atom stereocenters. The summed E-state index contributed by atoms with van der Waals surface area (Å²) in [6, 6.07) is 5.97. The molecule has 0 N–H and O–H groups in total. The summed E-state index contributed by atoms with van der Waals surface area (Å²) in [4.78, 5) is 33.7. The Hall–Kier alpha value is -2.37. The smallest absolute Gasteiger partial charge is 0.261 e. The summed E-state index contributed by atoms with van der Waals surface area (Å²) in [6.07, 6.45) is 4.94. The van der Waals surface area contributed by atoms with Gasteiger partial charge in [-0.05, 0) is 44.9 Å². The number of nitrogens with zero attached hydrogens (tertiary/aromatic N) is 4. The monoisotopic (exact) mass is 354 g/mol. The van der Waals surface area contributed by atoms with E-state index in [1.807, 2.05) is 36.9 Å². The lowest BCUT2D eigenvalue weighted by Gasteiger charge is -2.39. The zero-order valence-corrected chi connectivity index (χ0v) is 15.5. The van der Waals surface area contributed by atoms with Crippen molar-refractivity contribution in [3.05, 3.63) is 34.9 Å². The quantitative estimate of drug-likeness (QED) is 0.849. The van der Waals surface area contributed by atoms with Crippen LogP contribution in [0.15, 0.2) is 29.3 Å². The van der Waals surface area contributed by atoms with Crippen molar-refractivity contribution in [1.29, 1.82) is 0 Å².